The molecule has 0 heterocycles. The molecule has 106 valence electrons. The molecule has 0 atom stereocenters. The first kappa shape index (κ1) is 16.4. The van der Waals surface area contributed by atoms with Crippen molar-refractivity contribution in [2.75, 3.05) is 0 Å². The van der Waals surface area contributed by atoms with Crippen molar-refractivity contribution in [1.29, 1.82) is 0 Å². The third-order valence-electron chi connectivity index (χ3n) is 3.21. The summed E-state index contributed by atoms with van der Waals surface area (Å²) in [7, 11) is -1.71. The maximum atomic E-state index is 13.6. The normalized spacial score (nSPS) is 12.7. The Labute approximate surface area is 116 Å². The Bertz CT molecular complexity index is 475. The van der Waals surface area contributed by atoms with E-state index in [0.29, 0.717) is 0 Å². The van der Waals surface area contributed by atoms with Gasteiger partial charge in [0.2, 0.25) is 0 Å². The molecule has 2 N–H and O–H groups in total. The Morgan fingerprint density at radius 2 is 1.68 bits per heavy atom. The minimum Gasteiger partial charge on any atom is -0.423 e. The number of halogens is 3. The van der Waals surface area contributed by atoms with E-state index >= 15 is 0 Å². The summed E-state index contributed by atoms with van der Waals surface area (Å²) in [5.74, 6) is -2.52. The molecular formula is C12H16BClF2O3. The number of hydrogen-bond acceptors (Lipinski definition) is 3. The van der Waals surface area contributed by atoms with E-state index in [2.05, 4.69) is 0 Å². The third-order valence-corrected chi connectivity index (χ3v) is 3.50. The van der Waals surface area contributed by atoms with Gasteiger partial charge in [-0.15, -0.1) is 0 Å². The molecule has 0 fully saturated rings. The number of hydrogen-bond donors (Lipinski definition) is 2. The van der Waals surface area contributed by atoms with E-state index < -0.39 is 30.0 Å². The van der Waals surface area contributed by atoms with Crippen LogP contribution in [0.5, 0.6) is 0 Å². The second kappa shape index (κ2) is 5.36. The van der Waals surface area contributed by atoms with E-state index in [1.807, 2.05) is 0 Å². The standard InChI is InChI=1S/C12H16BClF2O3/c1-11(2,17)12(3,4)19-13(18)7-5-6-8(14)10(16)9(7)15/h5-6,17-18H,1-4H3. The summed E-state index contributed by atoms with van der Waals surface area (Å²) in [6.45, 7) is 6.03. The fourth-order valence-electron chi connectivity index (χ4n) is 1.22. The molecule has 0 unspecified atom stereocenters. The molecule has 1 aromatic rings. The second-order valence-electron chi connectivity index (χ2n) is 5.30. The summed E-state index contributed by atoms with van der Waals surface area (Å²) in [5, 5.41) is 19.3. The van der Waals surface area contributed by atoms with Crippen LogP contribution in [0.2, 0.25) is 5.02 Å². The van der Waals surface area contributed by atoms with Crippen LogP contribution in [0.1, 0.15) is 27.7 Å². The van der Waals surface area contributed by atoms with Crippen molar-refractivity contribution in [3.05, 3.63) is 28.8 Å². The minimum atomic E-state index is -1.71. The average molecular weight is 293 g/mol. The monoisotopic (exact) mass is 292 g/mol. The van der Waals surface area contributed by atoms with E-state index in [9.17, 15) is 18.9 Å². The van der Waals surface area contributed by atoms with Gasteiger partial charge in [0.1, 0.15) is 0 Å². The first-order chi connectivity index (χ1) is 8.47. The van der Waals surface area contributed by atoms with E-state index in [1.165, 1.54) is 27.7 Å². The summed E-state index contributed by atoms with van der Waals surface area (Å²) in [5.41, 5.74) is -2.83. The summed E-state index contributed by atoms with van der Waals surface area (Å²) in [6, 6.07) is 2.25. The van der Waals surface area contributed by atoms with Crippen LogP contribution in [0.3, 0.4) is 0 Å². The smallest absolute Gasteiger partial charge is 0.423 e. The molecule has 1 rings (SSSR count). The van der Waals surface area contributed by atoms with Crippen LogP contribution < -0.4 is 5.46 Å². The van der Waals surface area contributed by atoms with Gasteiger partial charge in [0.25, 0.3) is 0 Å². The Balaban J connectivity index is 3.03. The molecule has 0 amide bonds. The molecule has 7 heteroatoms. The Hall–Kier alpha value is -0.685. The summed E-state index contributed by atoms with van der Waals surface area (Å²) < 4.78 is 32.1. The van der Waals surface area contributed by atoms with Crippen LogP contribution in [-0.2, 0) is 4.65 Å². The molecule has 1 aromatic carbocycles. The Morgan fingerprint density at radius 3 is 2.16 bits per heavy atom. The largest absolute Gasteiger partial charge is 0.494 e. The van der Waals surface area contributed by atoms with Crippen molar-refractivity contribution in [1.82, 2.24) is 0 Å². The highest BCUT2D eigenvalue weighted by molar-refractivity contribution is 6.60. The van der Waals surface area contributed by atoms with Crippen LogP contribution in [-0.4, -0.2) is 28.5 Å². The van der Waals surface area contributed by atoms with Gasteiger partial charge in [-0.1, -0.05) is 17.7 Å². The Kier molecular flexibility index (Phi) is 4.62. The van der Waals surface area contributed by atoms with Gasteiger partial charge >= 0.3 is 7.12 Å². The van der Waals surface area contributed by atoms with Gasteiger partial charge in [0.15, 0.2) is 11.6 Å². The topological polar surface area (TPSA) is 49.7 Å². The van der Waals surface area contributed by atoms with E-state index in [4.69, 9.17) is 16.3 Å². The molecule has 3 nitrogen and oxygen atoms in total. The van der Waals surface area contributed by atoms with E-state index in [1.54, 1.807) is 0 Å². The molecule has 0 aliphatic rings. The summed E-state index contributed by atoms with van der Waals surface area (Å²) >= 11 is 5.42. The lowest BCUT2D eigenvalue weighted by molar-refractivity contribution is -0.0983. The number of aliphatic hydroxyl groups is 1. The third kappa shape index (κ3) is 3.45. The highest BCUT2D eigenvalue weighted by Gasteiger charge is 2.40. The first-order valence-electron chi connectivity index (χ1n) is 5.69. The maximum absolute atomic E-state index is 13.6. The van der Waals surface area contributed by atoms with Crippen LogP contribution >= 0.6 is 11.6 Å². The molecule has 0 aliphatic heterocycles. The van der Waals surface area contributed by atoms with Gasteiger partial charge in [-0.3, -0.25) is 0 Å². The van der Waals surface area contributed by atoms with E-state index in [-0.39, 0.29) is 10.5 Å². The molecule has 0 aliphatic carbocycles. The van der Waals surface area contributed by atoms with Crippen LogP contribution in [0.4, 0.5) is 8.78 Å². The zero-order valence-electron chi connectivity index (χ0n) is 11.2. The molecule has 0 bridgehead atoms. The zero-order chi connectivity index (χ0) is 15.0. The number of rotatable bonds is 4. The van der Waals surface area contributed by atoms with Crippen molar-refractivity contribution < 1.29 is 23.6 Å². The lowest BCUT2D eigenvalue weighted by Crippen LogP contribution is -2.53. The lowest BCUT2D eigenvalue weighted by Gasteiger charge is -2.38. The van der Waals surface area contributed by atoms with E-state index in [0.717, 1.165) is 12.1 Å². The quantitative estimate of drug-likeness (QED) is 0.658. The predicted octanol–water partition coefficient (Wildman–Crippen LogP) is 1.87. The van der Waals surface area contributed by atoms with Crippen molar-refractivity contribution in [2.45, 2.75) is 38.9 Å². The summed E-state index contributed by atoms with van der Waals surface area (Å²) in [4.78, 5) is 0. The lowest BCUT2D eigenvalue weighted by atomic mass is 9.76. The number of benzene rings is 1. The minimum absolute atomic E-state index is 0.376. The maximum Gasteiger partial charge on any atom is 0.494 e. The fourth-order valence-corrected chi connectivity index (χ4v) is 1.36. The molecule has 0 saturated heterocycles. The van der Waals surface area contributed by atoms with Gasteiger partial charge in [0, 0.05) is 5.46 Å². The molecule has 19 heavy (non-hydrogen) atoms. The van der Waals surface area contributed by atoms with Gasteiger partial charge in [-0.2, -0.15) is 0 Å². The second-order valence-corrected chi connectivity index (χ2v) is 5.71. The van der Waals surface area contributed by atoms with Crippen molar-refractivity contribution in [2.24, 2.45) is 0 Å². The molecule has 0 spiro atoms. The molecule has 0 saturated carbocycles. The van der Waals surface area contributed by atoms with Crippen LogP contribution in [0.15, 0.2) is 12.1 Å². The van der Waals surface area contributed by atoms with Crippen molar-refractivity contribution in [3.63, 3.8) is 0 Å². The van der Waals surface area contributed by atoms with Crippen molar-refractivity contribution in [3.8, 4) is 0 Å². The average Bonchev–Trinajstić information content (AvgIpc) is 2.23. The van der Waals surface area contributed by atoms with Gasteiger partial charge in [-0.25, -0.2) is 8.78 Å². The van der Waals surface area contributed by atoms with Gasteiger partial charge in [-0.05, 0) is 33.8 Å². The first-order valence-corrected chi connectivity index (χ1v) is 6.07. The van der Waals surface area contributed by atoms with Crippen molar-refractivity contribution >= 4 is 24.2 Å². The fraction of sp³-hybridized carbons (Fsp3) is 0.500. The zero-order valence-corrected chi connectivity index (χ0v) is 11.9. The highest BCUT2D eigenvalue weighted by atomic mass is 35.5. The molecule has 0 aromatic heterocycles. The SMILES string of the molecule is CC(C)(O)C(C)(C)OB(O)c1ccc(Cl)c(F)c1F. The molecule has 0 radical (unpaired) electrons. The highest BCUT2D eigenvalue weighted by Crippen LogP contribution is 2.25. The molecular weight excluding hydrogens is 276 g/mol. The summed E-state index contributed by atoms with van der Waals surface area (Å²) in [6.07, 6.45) is 0. The van der Waals surface area contributed by atoms with Crippen LogP contribution in [0, 0.1) is 11.6 Å². The van der Waals surface area contributed by atoms with Gasteiger partial charge < -0.3 is 14.8 Å². The predicted molar refractivity (Wildman–Crippen MR) is 70.4 cm³/mol. The van der Waals surface area contributed by atoms with Gasteiger partial charge in [0.05, 0.1) is 16.2 Å². The Morgan fingerprint density at radius 1 is 1.16 bits per heavy atom. The van der Waals surface area contributed by atoms with Crippen LogP contribution in [0.25, 0.3) is 0 Å².